The molecule has 136 valence electrons. The van der Waals surface area contributed by atoms with Gasteiger partial charge in [0, 0.05) is 23.9 Å². The van der Waals surface area contributed by atoms with Gasteiger partial charge in [0.15, 0.2) is 0 Å². The molecule has 3 aromatic rings. The summed E-state index contributed by atoms with van der Waals surface area (Å²) in [7, 11) is 0. The van der Waals surface area contributed by atoms with Gasteiger partial charge in [0.1, 0.15) is 11.5 Å². The van der Waals surface area contributed by atoms with Gasteiger partial charge in [-0.25, -0.2) is 0 Å². The van der Waals surface area contributed by atoms with Crippen molar-refractivity contribution in [1.29, 1.82) is 0 Å². The predicted octanol–water partition coefficient (Wildman–Crippen LogP) is 5.00. The Hall–Kier alpha value is -3.60. The molecule has 0 bridgehead atoms. The monoisotopic (exact) mass is 360 g/mol. The SMILES string of the molecule is CC(=O)Nc1ccc(C)c(NC(=O)c2ccc(Oc3ccccc3)cc2)c1. The van der Waals surface area contributed by atoms with Crippen LogP contribution in [0.1, 0.15) is 22.8 Å². The zero-order valence-corrected chi connectivity index (χ0v) is 15.2. The number of hydrogen-bond donors (Lipinski definition) is 2. The average molecular weight is 360 g/mol. The van der Waals surface area contributed by atoms with Gasteiger partial charge in [0.25, 0.3) is 5.91 Å². The van der Waals surface area contributed by atoms with E-state index in [4.69, 9.17) is 4.74 Å². The number of ether oxygens (including phenoxy) is 1. The van der Waals surface area contributed by atoms with Crippen LogP contribution in [0.5, 0.6) is 11.5 Å². The standard InChI is InChI=1S/C22H20N2O3/c1-15-8-11-18(23-16(2)25)14-21(15)24-22(26)17-9-12-20(13-10-17)27-19-6-4-3-5-7-19/h3-14H,1-2H3,(H,23,25)(H,24,26). The molecule has 3 rings (SSSR count). The van der Waals surface area contributed by atoms with E-state index in [0.717, 1.165) is 11.3 Å². The second-order valence-corrected chi connectivity index (χ2v) is 6.10. The fraction of sp³-hybridized carbons (Fsp3) is 0.0909. The van der Waals surface area contributed by atoms with E-state index in [1.807, 2.05) is 43.3 Å². The van der Waals surface area contributed by atoms with E-state index in [9.17, 15) is 9.59 Å². The Kier molecular flexibility index (Phi) is 5.52. The summed E-state index contributed by atoms with van der Waals surface area (Å²) in [5.41, 5.74) is 2.70. The third-order valence-corrected chi connectivity index (χ3v) is 3.90. The van der Waals surface area contributed by atoms with Crippen LogP contribution in [0.4, 0.5) is 11.4 Å². The Morgan fingerprint density at radius 2 is 1.48 bits per heavy atom. The largest absolute Gasteiger partial charge is 0.457 e. The molecule has 2 N–H and O–H groups in total. The highest BCUT2D eigenvalue weighted by Gasteiger charge is 2.09. The molecule has 0 saturated carbocycles. The van der Waals surface area contributed by atoms with Gasteiger partial charge in [-0.15, -0.1) is 0 Å². The smallest absolute Gasteiger partial charge is 0.255 e. The van der Waals surface area contributed by atoms with Gasteiger partial charge in [-0.05, 0) is 61.0 Å². The van der Waals surface area contributed by atoms with E-state index >= 15 is 0 Å². The average Bonchev–Trinajstić information content (AvgIpc) is 2.65. The number of aryl methyl sites for hydroxylation is 1. The lowest BCUT2D eigenvalue weighted by atomic mass is 10.1. The molecule has 0 aliphatic heterocycles. The molecule has 5 heteroatoms. The van der Waals surface area contributed by atoms with Crippen molar-refractivity contribution in [3.63, 3.8) is 0 Å². The highest BCUT2D eigenvalue weighted by Crippen LogP contribution is 2.23. The first-order chi connectivity index (χ1) is 13.0. The molecule has 0 unspecified atom stereocenters. The third kappa shape index (κ3) is 4.95. The summed E-state index contributed by atoms with van der Waals surface area (Å²) in [4.78, 5) is 23.7. The summed E-state index contributed by atoms with van der Waals surface area (Å²) in [6.45, 7) is 3.33. The minimum atomic E-state index is -0.232. The lowest BCUT2D eigenvalue weighted by Gasteiger charge is -2.11. The van der Waals surface area contributed by atoms with Crippen LogP contribution in [-0.2, 0) is 4.79 Å². The Morgan fingerprint density at radius 1 is 0.815 bits per heavy atom. The van der Waals surface area contributed by atoms with Gasteiger partial charge in [-0.3, -0.25) is 9.59 Å². The molecular formula is C22H20N2O3. The fourth-order valence-electron chi connectivity index (χ4n) is 2.53. The maximum atomic E-state index is 12.5. The van der Waals surface area contributed by atoms with Gasteiger partial charge in [0.05, 0.1) is 0 Å². The molecular weight excluding hydrogens is 340 g/mol. The lowest BCUT2D eigenvalue weighted by molar-refractivity contribution is -0.114. The number of anilines is 2. The molecule has 0 atom stereocenters. The summed E-state index contributed by atoms with van der Waals surface area (Å²) in [6, 6.07) is 21.7. The fourth-order valence-corrected chi connectivity index (χ4v) is 2.53. The Labute approximate surface area is 158 Å². The predicted molar refractivity (Wildman–Crippen MR) is 106 cm³/mol. The van der Waals surface area contributed by atoms with Crippen LogP contribution in [0.25, 0.3) is 0 Å². The zero-order chi connectivity index (χ0) is 19.2. The second-order valence-electron chi connectivity index (χ2n) is 6.10. The van der Waals surface area contributed by atoms with Gasteiger partial charge < -0.3 is 15.4 Å². The number of para-hydroxylation sites is 1. The third-order valence-electron chi connectivity index (χ3n) is 3.90. The van der Waals surface area contributed by atoms with E-state index in [1.165, 1.54) is 6.92 Å². The molecule has 0 spiro atoms. The van der Waals surface area contributed by atoms with Crippen LogP contribution in [-0.4, -0.2) is 11.8 Å². The summed E-state index contributed by atoms with van der Waals surface area (Å²) in [5.74, 6) is 0.996. The van der Waals surface area contributed by atoms with E-state index in [2.05, 4.69) is 10.6 Å². The highest BCUT2D eigenvalue weighted by molar-refractivity contribution is 6.05. The molecule has 0 heterocycles. The number of carbonyl (C=O) groups excluding carboxylic acids is 2. The number of rotatable bonds is 5. The Balaban J connectivity index is 1.70. The van der Waals surface area contributed by atoms with Crippen molar-refractivity contribution in [2.75, 3.05) is 10.6 Å². The maximum Gasteiger partial charge on any atom is 0.255 e. The van der Waals surface area contributed by atoms with Gasteiger partial charge in [0.2, 0.25) is 5.91 Å². The molecule has 0 aliphatic carbocycles. The van der Waals surface area contributed by atoms with E-state index < -0.39 is 0 Å². The van der Waals surface area contributed by atoms with Crippen molar-refractivity contribution in [1.82, 2.24) is 0 Å². The topological polar surface area (TPSA) is 67.4 Å². The van der Waals surface area contributed by atoms with Crippen LogP contribution < -0.4 is 15.4 Å². The lowest BCUT2D eigenvalue weighted by Crippen LogP contribution is -2.13. The van der Waals surface area contributed by atoms with E-state index in [-0.39, 0.29) is 11.8 Å². The van der Waals surface area contributed by atoms with Crippen LogP contribution in [0.2, 0.25) is 0 Å². The van der Waals surface area contributed by atoms with Crippen molar-refractivity contribution in [3.05, 3.63) is 83.9 Å². The van der Waals surface area contributed by atoms with Crippen molar-refractivity contribution >= 4 is 23.2 Å². The molecule has 0 aromatic heterocycles. The minimum Gasteiger partial charge on any atom is -0.457 e. The summed E-state index contributed by atoms with van der Waals surface area (Å²) < 4.78 is 5.73. The van der Waals surface area contributed by atoms with E-state index in [1.54, 1.807) is 36.4 Å². The highest BCUT2D eigenvalue weighted by atomic mass is 16.5. The van der Waals surface area contributed by atoms with Crippen LogP contribution in [0.3, 0.4) is 0 Å². The summed E-state index contributed by atoms with van der Waals surface area (Å²) in [5, 5.41) is 5.59. The normalized spacial score (nSPS) is 10.1. The number of benzene rings is 3. The Bertz CT molecular complexity index is 951. The van der Waals surface area contributed by atoms with Crippen molar-refractivity contribution < 1.29 is 14.3 Å². The van der Waals surface area contributed by atoms with Crippen molar-refractivity contribution in [2.45, 2.75) is 13.8 Å². The van der Waals surface area contributed by atoms with Crippen LogP contribution in [0.15, 0.2) is 72.8 Å². The van der Waals surface area contributed by atoms with Crippen molar-refractivity contribution in [2.24, 2.45) is 0 Å². The number of carbonyl (C=O) groups is 2. The molecule has 0 saturated heterocycles. The molecule has 0 radical (unpaired) electrons. The van der Waals surface area contributed by atoms with Crippen LogP contribution in [0, 0.1) is 6.92 Å². The molecule has 0 aliphatic rings. The first-order valence-electron chi connectivity index (χ1n) is 8.54. The molecule has 3 aromatic carbocycles. The zero-order valence-electron chi connectivity index (χ0n) is 15.2. The second kappa shape index (κ2) is 8.19. The molecule has 2 amide bonds. The number of nitrogens with one attached hydrogen (secondary N) is 2. The van der Waals surface area contributed by atoms with Crippen molar-refractivity contribution in [3.8, 4) is 11.5 Å². The molecule has 27 heavy (non-hydrogen) atoms. The summed E-state index contributed by atoms with van der Waals surface area (Å²) in [6.07, 6.45) is 0. The first-order valence-corrected chi connectivity index (χ1v) is 8.54. The van der Waals surface area contributed by atoms with Crippen LogP contribution >= 0.6 is 0 Å². The maximum absolute atomic E-state index is 12.5. The quantitative estimate of drug-likeness (QED) is 0.673. The summed E-state index contributed by atoms with van der Waals surface area (Å²) >= 11 is 0. The van der Waals surface area contributed by atoms with E-state index in [0.29, 0.717) is 22.7 Å². The molecule has 0 fully saturated rings. The minimum absolute atomic E-state index is 0.162. The Morgan fingerprint density at radius 3 is 2.15 bits per heavy atom. The first kappa shape index (κ1) is 18.2. The number of hydrogen-bond acceptors (Lipinski definition) is 3. The number of amides is 2. The van der Waals surface area contributed by atoms with Gasteiger partial charge in [-0.2, -0.15) is 0 Å². The van der Waals surface area contributed by atoms with Gasteiger partial charge in [-0.1, -0.05) is 24.3 Å². The van der Waals surface area contributed by atoms with Gasteiger partial charge >= 0.3 is 0 Å². The molecule has 5 nitrogen and oxygen atoms in total.